The van der Waals surface area contributed by atoms with Crippen LogP contribution in [0.5, 0.6) is 0 Å². The lowest BCUT2D eigenvalue weighted by molar-refractivity contribution is 0.439. The Morgan fingerprint density at radius 1 is 1.21 bits per heavy atom. The van der Waals surface area contributed by atoms with E-state index in [2.05, 4.69) is 18.3 Å². The van der Waals surface area contributed by atoms with E-state index in [0.29, 0.717) is 12.0 Å². The van der Waals surface area contributed by atoms with Crippen LogP contribution in [0.3, 0.4) is 0 Å². The van der Waals surface area contributed by atoms with E-state index in [1.807, 2.05) is 6.92 Å². The van der Waals surface area contributed by atoms with Crippen LogP contribution >= 0.6 is 0 Å². The number of halogens is 1. The molecular formula is C17H26FN. The monoisotopic (exact) mass is 263 g/mol. The first-order valence-corrected chi connectivity index (χ1v) is 7.69. The van der Waals surface area contributed by atoms with Crippen molar-refractivity contribution in [2.75, 3.05) is 6.54 Å². The summed E-state index contributed by atoms with van der Waals surface area (Å²) in [7, 11) is 0. The van der Waals surface area contributed by atoms with Gasteiger partial charge in [-0.25, -0.2) is 4.39 Å². The summed E-state index contributed by atoms with van der Waals surface area (Å²) >= 11 is 0. The smallest absolute Gasteiger partial charge is 0.123 e. The second-order valence-electron chi connectivity index (χ2n) is 5.93. The normalized spacial score (nSPS) is 24.2. The summed E-state index contributed by atoms with van der Waals surface area (Å²) in [5.74, 6) is 0.434. The minimum atomic E-state index is -0.0858. The van der Waals surface area contributed by atoms with Gasteiger partial charge in [0, 0.05) is 6.04 Å². The number of aryl methyl sites for hydroxylation is 1. The molecule has 1 nitrogen and oxygen atoms in total. The van der Waals surface area contributed by atoms with Crippen molar-refractivity contribution in [3.63, 3.8) is 0 Å². The van der Waals surface area contributed by atoms with Gasteiger partial charge in [-0.1, -0.05) is 25.8 Å². The molecule has 0 aromatic heterocycles. The number of hydrogen-bond donors (Lipinski definition) is 1. The maximum Gasteiger partial charge on any atom is 0.123 e. The van der Waals surface area contributed by atoms with Gasteiger partial charge >= 0.3 is 0 Å². The molecule has 0 radical (unpaired) electrons. The Balaban J connectivity index is 2.08. The topological polar surface area (TPSA) is 12.0 Å². The predicted molar refractivity (Wildman–Crippen MR) is 79.0 cm³/mol. The molecule has 1 aliphatic carbocycles. The first-order chi connectivity index (χ1) is 9.19. The molecule has 106 valence electrons. The van der Waals surface area contributed by atoms with Crippen LogP contribution in [0.4, 0.5) is 4.39 Å². The quantitative estimate of drug-likeness (QED) is 0.786. The van der Waals surface area contributed by atoms with Crippen molar-refractivity contribution < 1.29 is 4.39 Å². The van der Waals surface area contributed by atoms with E-state index in [0.717, 1.165) is 18.5 Å². The summed E-state index contributed by atoms with van der Waals surface area (Å²) in [6, 6.07) is 6.12. The highest BCUT2D eigenvalue weighted by atomic mass is 19.1. The van der Waals surface area contributed by atoms with Crippen molar-refractivity contribution in [3.05, 3.63) is 35.1 Å². The Hall–Kier alpha value is -0.890. The van der Waals surface area contributed by atoms with E-state index in [1.165, 1.54) is 37.7 Å². The van der Waals surface area contributed by atoms with Crippen LogP contribution in [0.15, 0.2) is 18.2 Å². The second-order valence-corrected chi connectivity index (χ2v) is 5.93. The zero-order chi connectivity index (χ0) is 13.7. The van der Waals surface area contributed by atoms with Crippen LogP contribution in [0.1, 0.15) is 62.5 Å². The Morgan fingerprint density at radius 2 is 2.00 bits per heavy atom. The highest BCUT2D eigenvalue weighted by Crippen LogP contribution is 2.32. The molecule has 2 heteroatoms. The van der Waals surface area contributed by atoms with Gasteiger partial charge in [0.2, 0.25) is 0 Å². The Bertz CT molecular complexity index is 382. The van der Waals surface area contributed by atoms with E-state index in [4.69, 9.17) is 0 Å². The van der Waals surface area contributed by atoms with E-state index in [1.54, 1.807) is 12.1 Å². The van der Waals surface area contributed by atoms with Gasteiger partial charge in [-0.15, -0.1) is 0 Å². The van der Waals surface area contributed by atoms with Gasteiger partial charge in [0.05, 0.1) is 0 Å². The molecule has 1 saturated carbocycles. The average Bonchev–Trinajstić information content (AvgIpc) is 2.60. The molecule has 2 unspecified atom stereocenters. The Kier molecular flexibility index (Phi) is 5.38. The van der Waals surface area contributed by atoms with Crippen LogP contribution in [-0.2, 0) is 0 Å². The lowest BCUT2D eigenvalue weighted by Gasteiger charge is -2.22. The molecule has 1 aliphatic rings. The molecule has 2 atom stereocenters. The van der Waals surface area contributed by atoms with Crippen LogP contribution in [0, 0.1) is 12.7 Å². The van der Waals surface area contributed by atoms with Gasteiger partial charge in [0.1, 0.15) is 5.82 Å². The minimum Gasteiger partial charge on any atom is -0.314 e. The highest BCUT2D eigenvalue weighted by molar-refractivity contribution is 5.27. The van der Waals surface area contributed by atoms with Crippen LogP contribution < -0.4 is 5.32 Å². The second kappa shape index (κ2) is 7.04. The lowest BCUT2D eigenvalue weighted by Crippen LogP contribution is -2.30. The number of benzene rings is 1. The van der Waals surface area contributed by atoms with E-state index in [-0.39, 0.29) is 5.82 Å². The largest absolute Gasteiger partial charge is 0.314 e. The van der Waals surface area contributed by atoms with Gasteiger partial charge in [-0.2, -0.15) is 0 Å². The number of hydrogen-bond acceptors (Lipinski definition) is 1. The molecule has 1 aromatic carbocycles. The van der Waals surface area contributed by atoms with Crippen molar-refractivity contribution in [3.8, 4) is 0 Å². The number of nitrogens with one attached hydrogen (secondary N) is 1. The van der Waals surface area contributed by atoms with Gasteiger partial charge in [0.25, 0.3) is 0 Å². The fourth-order valence-corrected chi connectivity index (χ4v) is 3.20. The molecule has 0 saturated heterocycles. The summed E-state index contributed by atoms with van der Waals surface area (Å²) in [5, 5.41) is 3.65. The summed E-state index contributed by atoms with van der Waals surface area (Å²) in [6.07, 6.45) is 7.37. The van der Waals surface area contributed by atoms with Crippen LogP contribution in [0.25, 0.3) is 0 Å². The SMILES string of the molecule is CCCNC1CCCCC(c2cc(C)cc(F)c2)C1. The Labute approximate surface area is 116 Å². The molecule has 1 N–H and O–H groups in total. The molecule has 1 aromatic rings. The third kappa shape index (κ3) is 4.31. The molecule has 2 rings (SSSR count). The van der Waals surface area contributed by atoms with Crippen molar-refractivity contribution >= 4 is 0 Å². The molecule has 19 heavy (non-hydrogen) atoms. The molecule has 1 fully saturated rings. The third-order valence-electron chi connectivity index (χ3n) is 4.14. The average molecular weight is 263 g/mol. The van der Waals surface area contributed by atoms with Crippen molar-refractivity contribution in [2.24, 2.45) is 0 Å². The van der Waals surface area contributed by atoms with E-state index < -0.39 is 0 Å². The summed E-state index contributed by atoms with van der Waals surface area (Å²) in [4.78, 5) is 0. The lowest BCUT2D eigenvalue weighted by atomic mass is 9.89. The predicted octanol–water partition coefficient (Wildman–Crippen LogP) is 4.55. The fraction of sp³-hybridized carbons (Fsp3) is 0.647. The molecule has 0 spiro atoms. The zero-order valence-electron chi connectivity index (χ0n) is 12.2. The minimum absolute atomic E-state index is 0.0858. The first-order valence-electron chi connectivity index (χ1n) is 7.69. The summed E-state index contributed by atoms with van der Waals surface area (Å²) < 4.78 is 13.6. The molecular weight excluding hydrogens is 237 g/mol. The highest BCUT2D eigenvalue weighted by Gasteiger charge is 2.21. The van der Waals surface area contributed by atoms with Gasteiger partial charge in [0.15, 0.2) is 0 Å². The van der Waals surface area contributed by atoms with Crippen molar-refractivity contribution in [2.45, 2.75) is 64.3 Å². The fourth-order valence-electron chi connectivity index (χ4n) is 3.20. The first kappa shape index (κ1) is 14.5. The molecule has 0 heterocycles. The summed E-state index contributed by atoms with van der Waals surface area (Å²) in [6.45, 7) is 5.28. The van der Waals surface area contributed by atoms with Gasteiger partial charge < -0.3 is 5.32 Å². The third-order valence-corrected chi connectivity index (χ3v) is 4.14. The van der Waals surface area contributed by atoms with E-state index >= 15 is 0 Å². The maximum absolute atomic E-state index is 13.6. The Morgan fingerprint density at radius 3 is 2.74 bits per heavy atom. The van der Waals surface area contributed by atoms with Crippen LogP contribution in [0.2, 0.25) is 0 Å². The van der Waals surface area contributed by atoms with E-state index in [9.17, 15) is 4.39 Å². The van der Waals surface area contributed by atoms with Crippen LogP contribution in [-0.4, -0.2) is 12.6 Å². The van der Waals surface area contributed by atoms with Gasteiger partial charge in [-0.05, 0) is 68.3 Å². The zero-order valence-corrected chi connectivity index (χ0v) is 12.2. The molecule has 0 aliphatic heterocycles. The standard InChI is InChI=1S/C17H26FN/c1-3-8-19-17-7-5-4-6-14(12-17)15-9-13(2)10-16(18)11-15/h9-11,14,17,19H,3-8,12H2,1-2H3. The van der Waals surface area contributed by atoms with Crippen molar-refractivity contribution in [1.82, 2.24) is 5.32 Å². The molecule has 0 bridgehead atoms. The number of rotatable bonds is 4. The molecule has 0 amide bonds. The van der Waals surface area contributed by atoms with Gasteiger partial charge in [-0.3, -0.25) is 0 Å². The van der Waals surface area contributed by atoms with Crippen molar-refractivity contribution in [1.29, 1.82) is 0 Å². The maximum atomic E-state index is 13.6. The summed E-state index contributed by atoms with van der Waals surface area (Å²) in [5.41, 5.74) is 2.24.